The Morgan fingerprint density at radius 3 is 2.17 bits per heavy atom. The van der Waals surface area contributed by atoms with Crippen LogP contribution in [-0.2, 0) is 25.5 Å². The van der Waals surface area contributed by atoms with Crippen molar-refractivity contribution >= 4 is 52.9 Å². The predicted octanol–water partition coefficient (Wildman–Crippen LogP) is 3.02. The number of Topliss-reactive ketones (excluding diaryl/α,β-unsaturated/α-hetero) is 1. The number of rotatable bonds is 8. The zero-order valence-electron chi connectivity index (χ0n) is 16.6. The molecule has 0 radical (unpaired) electrons. The molecule has 1 rings (SSSR count). The fourth-order valence-corrected chi connectivity index (χ4v) is 2.96. The lowest BCUT2D eigenvalue weighted by molar-refractivity contribution is -0.146. The smallest absolute Gasteiger partial charge is 0.414 e. The minimum atomic E-state index is -1.23. The Bertz CT molecular complexity index is 823. The number of ether oxygens (including phenoxy) is 1. The molecule has 0 saturated heterocycles. The lowest BCUT2D eigenvalue weighted by atomic mass is 9.90. The third-order valence-electron chi connectivity index (χ3n) is 4.17. The van der Waals surface area contributed by atoms with Gasteiger partial charge in [0.1, 0.15) is 0 Å². The number of amides is 2. The Hall–Kier alpha value is -2.65. The van der Waals surface area contributed by atoms with Gasteiger partial charge in [-0.05, 0) is 30.5 Å². The van der Waals surface area contributed by atoms with Crippen LogP contribution in [-0.4, -0.2) is 40.9 Å². The number of hydrogen-bond donors (Lipinski definition) is 4. The van der Waals surface area contributed by atoms with Gasteiger partial charge in [-0.25, -0.2) is 4.79 Å². The Balaban J connectivity index is 2.53. The molecule has 1 aromatic rings. The van der Waals surface area contributed by atoms with E-state index in [1.165, 1.54) is 6.92 Å². The number of benzene rings is 1. The van der Waals surface area contributed by atoms with Gasteiger partial charge in [0.15, 0.2) is 11.9 Å². The molecule has 0 heterocycles. The van der Waals surface area contributed by atoms with Gasteiger partial charge >= 0.3 is 12.1 Å². The molecule has 1 aromatic carbocycles. The summed E-state index contributed by atoms with van der Waals surface area (Å²) in [5.41, 5.74) is 0.367. The number of carboxylic acids is 1. The van der Waals surface area contributed by atoms with Crippen molar-refractivity contribution in [3.8, 4) is 0 Å². The van der Waals surface area contributed by atoms with Gasteiger partial charge in [-0.3, -0.25) is 30.4 Å². The molecule has 11 heteroatoms. The molecule has 0 aliphatic carbocycles. The molecular weight excluding hydrogens is 437 g/mol. The maximum atomic E-state index is 12.1. The number of hydrogen-bond acceptors (Lipinski definition) is 6. The van der Waals surface area contributed by atoms with Crippen molar-refractivity contribution in [3.05, 3.63) is 33.8 Å². The highest BCUT2D eigenvalue weighted by Crippen LogP contribution is 2.24. The Morgan fingerprint density at radius 2 is 1.67 bits per heavy atom. The van der Waals surface area contributed by atoms with Crippen LogP contribution >= 0.6 is 23.2 Å². The van der Waals surface area contributed by atoms with Crippen LogP contribution in [0.3, 0.4) is 0 Å². The summed E-state index contributed by atoms with van der Waals surface area (Å²) in [4.78, 5) is 47.1. The second-order valence-electron chi connectivity index (χ2n) is 6.83. The molecule has 0 fully saturated rings. The number of alkyl carbamates (subject to hydrolysis) is 1. The van der Waals surface area contributed by atoms with Gasteiger partial charge in [-0.2, -0.15) is 0 Å². The third-order valence-corrected chi connectivity index (χ3v) is 4.88. The van der Waals surface area contributed by atoms with E-state index in [2.05, 4.69) is 5.32 Å². The van der Waals surface area contributed by atoms with Crippen molar-refractivity contribution in [2.45, 2.75) is 39.7 Å². The maximum Gasteiger partial charge on any atom is 0.414 e. The molecule has 30 heavy (non-hydrogen) atoms. The summed E-state index contributed by atoms with van der Waals surface area (Å²) in [6.07, 6.45) is -2.89. The minimum absolute atomic E-state index is 0.224. The van der Waals surface area contributed by atoms with Crippen molar-refractivity contribution in [2.75, 3.05) is 0 Å². The molecule has 9 nitrogen and oxygen atoms in total. The van der Waals surface area contributed by atoms with Crippen LogP contribution < -0.4 is 10.6 Å². The number of halogens is 2. The molecule has 2 atom stereocenters. The van der Waals surface area contributed by atoms with Gasteiger partial charge in [0, 0.05) is 16.5 Å². The second kappa shape index (κ2) is 11.5. The first kappa shape index (κ1) is 25.4. The van der Waals surface area contributed by atoms with Gasteiger partial charge in [0.25, 0.3) is 0 Å². The highest BCUT2D eigenvalue weighted by Gasteiger charge is 2.28. The number of carbonyl (C=O) groups excluding carboxylic acids is 3. The molecule has 0 unspecified atom stereocenters. The summed E-state index contributed by atoms with van der Waals surface area (Å²) in [6, 6.07) is 4.74. The van der Waals surface area contributed by atoms with Crippen LogP contribution in [0.4, 0.5) is 4.79 Å². The fraction of sp³-hybridized carbons (Fsp3) is 0.421. The molecule has 4 N–H and O–H groups in total. The summed E-state index contributed by atoms with van der Waals surface area (Å²) in [6.45, 7) is 4.64. The first-order valence-electron chi connectivity index (χ1n) is 8.96. The lowest BCUT2D eigenvalue weighted by Crippen LogP contribution is -2.45. The second-order valence-corrected chi connectivity index (χ2v) is 7.65. The quantitative estimate of drug-likeness (QED) is 0.347. The van der Waals surface area contributed by atoms with E-state index in [1.54, 1.807) is 32.0 Å². The van der Waals surface area contributed by atoms with Crippen molar-refractivity contribution in [3.63, 3.8) is 0 Å². The SMILES string of the molecule is CC(C)[C@H](CC(=O)[C@H](C)OC(=O)NC(=N)NC(=O)Cc1c(Cl)cccc1Cl)C(=O)O. The van der Waals surface area contributed by atoms with E-state index in [9.17, 15) is 19.2 Å². The first-order valence-corrected chi connectivity index (χ1v) is 9.72. The van der Waals surface area contributed by atoms with Crippen molar-refractivity contribution in [1.82, 2.24) is 10.6 Å². The first-order chi connectivity index (χ1) is 13.9. The van der Waals surface area contributed by atoms with Crippen LogP contribution in [0.1, 0.15) is 32.8 Å². The molecule has 2 amide bonds. The third kappa shape index (κ3) is 8.00. The molecule has 0 aliphatic rings. The molecule has 0 aliphatic heterocycles. The number of aliphatic carboxylic acids is 1. The van der Waals surface area contributed by atoms with E-state index in [4.69, 9.17) is 38.5 Å². The van der Waals surface area contributed by atoms with E-state index in [0.717, 1.165) is 0 Å². The monoisotopic (exact) mass is 459 g/mol. The van der Waals surface area contributed by atoms with Gasteiger partial charge in [0.2, 0.25) is 11.9 Å². The average molecular weight is 460 g/mol. The molecule has 0 bridgehead atoms. The van der Waals surface area contributed by atoms with Crippen molar-refractivity contribution < 1.29 is 29.0 Å². The zero-order chi connectivity index (χ0) is 23.0. The van der Waals surface area contributed by atoms with Crippen LogP contribution in [0.5, 0.6) is 0 Å². The lowest BCUT2D eigenvalue weighted by Gasteiger charge is -2.18. The standard InChI is InChI=1S/C19H23Cl2N3O6/c1-9(2)11(17(27)28)7-15(25)10(3)30-19(29)24-18(22)23-16(26)8-12-13(20)5-4-6-14(12)21/h4-6,9-11H,7-8H2,1-3H3,(H,27,28)(H3,22,23,24,26,29)/t10-,11-/m0/s1. The Kier molecular flexibility index (Phi) is 9.74. The minimum Gasteiger partial charge on any atom is -0.481 e. The van der Waals surface area contributed by atoms with E-state index in [0.29, 0.717) is 5.56 Å². The summed E-state index contributed by atoms with van der Waals surface area (Å²) < 4.78 is 4.85. The van der Waals surface area contributed by atoms with Crippen molar-refractivity contribution in [1.29, 1.82) is 5.41 Å². The zero-order valence-corrected chi connectivity index (χ0v) is 18.1. The number of carbonyl (C=O) groups is 4. The molecule has 0 spiro atoms. The number of ketones is 1. The summed E-state index contributed by atoms with van der Waals surface area (Å²) in [7, 11) is 0. The van der Waals surface area contributed by atoms with E-state index in [1.807, 2.05) is 5.32 Å². The van der Waals surface area contributed by atoms with E-state index in [-0.39, 0.29) is 28.8 Å². The predicted molar refractivity (Wildman–Crippen MR) is 111 cm³/mol. The number of carboxylic acid groups (broad SMARTS) is 1. The van der Waals surface area contributed by atoms with Gasteiger partial charge in [-0.15, -0.1) is 0 Å². The topological polar surface area (TPSA) is 146 Å². The Labute approximate surface area is 183 Å². The molecular formula is C19H23Cl2N3O6. The van der Waals surface area contributed by atoms with Gasteiger partial charge < -0.3 is 9.84 Å². The van der Waals surface area contributed by atoms with Crippen LogP contribution in [0.25, 0.3) is 0 Å². The summed E-state index contributed by atoms with van der Waals surface area (Å²) >= 11 is 12.0. The Morgan fingerprint density at radius 1 is 1.10 bits per heavy atom. The highest BCUT2D eigenvalue weighted by atomic mass is 35.5. The number of nitrogens with one attached hydrogen (secondary N) is 3. The average Bonchev–Trinajstić information content (AvgIpc) is 2.61. The van der Waals surface area contributed by atoms with Gasteiger partial charge in [0.05, 0.1) is 12.3 Å². The summed E-state index contributed by atoms with van der Waals surface area (Å²) in [5, 5.41) is 21.4. The highest BCUT2D eigenvalue weighted by molar-refractivity contribution is 6.36. The fourth-order valence-electron chi connectivity index (χ4n) is 2.43. The summed E-state index contributed by atoms with van der Waals surface area (Å²) in [5.74, 6) is -4.18. The van der Waals surface area contributed by atoms with Gasteiger partial charge in [-0.1, -0.05) is 43.1 Å². The van der Waals surface area contributed by atoms with E-state index >= 15 is 0 Å². The molecule has 164 valence electrons. The van der Waals surface area contributed by atoms with Crippen molar-refractivity contribution in [2.24, 2.45) is 11.8 Å². The maximum absolute atomic E-state index is 12.1. The molecule has 0 aromatic heterocycles. The largest absolute Gasteiger partial charge is 0.481 e. The van der Waals surface area contributed by atoms with Crippen LogP contribution in [0.2, 0.25) is 10.0 Å². The normalized spacial score (nSPS) is 12.6. The van der Waals surface area contributed by atoms with E-state index < -0.39 is 41.7 Å². The molecule has 0 saturated carbocycles. The number of guanidine groups is 1. The van der Waals surface area contributed by atoms with Crippen LogP contribution in [0, 0.1) is 17.2 Å². The van der Waals surface area contributed by atoms with Crippen LogP contribution in [0.15, 0.2) is 18.2 Å².